The number of urea groups is 1. The highest BCUT2D eigenvalue weighted by Gasteiger charge is 2.36. The molecular weight excluding hydrogens is 452 g/mol. The Kier molecular flexibility index (Phi) is 5.85. The number of likely N-dealkylation sites (N-methyl/N-ethyl adjacent to an activating group) is 1. The van der Waals surface area contributed by atoms with E-state index < -0.39 is 0 Å². The van der Waals surface area contributed by atoms with E-state index in [1.54, 1.807) is 11.9 Å². The quantitative estimate of drug-likeness (QED) is 0.581. The summed E-state index contributed by atoms with van der Waals surface area (Å²) in [4.78, 5) is 31.1. The minimum atomic E-state index is -0.0367. The largest absolute Gasteiger partial charge is 0.385 e. The number of amides is 2. The molecule has 3 aliphatic rings. The number of fused-ring (bicyclic) bond motifs is 2. The van der Waals surface area contributed by atoms with Crippen LogP contribution < -0.4 is 20.4 Å². The first kappa shape index (κ1) is 22.6. The van der Waals surface area contributed by atoms with Crippen molar-refractivity contribution < 1.29 is 4.79 Å². The molecule has 36 heavy (non-hydrogen) atoms. The van der Waals surface area contributed by atoms with Gasteiger partial charge >= 0.3 is 6.03 Å². The summed E-state index contributed by atoms with van der Waals surface area (Å²) in [7, 11) is 3.96. The van der Waals surface area contributed by atoms with Crippen LogP contribution in [0.25, 0.3) is 0 Å². The second-order valence-electron chi connectivity index (χ2n) is 9.79. The molecule has 9 heteroatoms. The van der Waals surface area contributed by atoms with Crippen LogP contribution in [0, 0.1) is 0 Å². The predicted molar refractivity (Wildman–Crippen MR) is 143 cm³/mol. The number of carbonyl (C=O) groups excluding carboxylic acids is 1. The molecule has 1 atom stereocenters. The zero-order chi connectivity index (χ0) is 24.6. The number of hydrogen-bond acceptors (Lipinski definition) is 7. The number of carbonyl (C=O) groups is 1. The number of hydrogen-bond donors (Lipinski definition) is 2. The highest BCUT2D eigenvalue weighted by atomic mass is 16.2. The third kappa shape index (κ3) is 4.19. The van der Waals surface area contributed by atoms with Crippen molar-refractivity contribution in [3.05, 3.63) is 65.9 Å². The third-order valence-electron chi connectivity index (χ3n) is 7.45. The number of aromatic nitrogens is 2. The van der Waals surface area contributed by atoms with E-state index in [1.165, 1.54) is 5.69 Å². The van der Waals surface area contributed by atoms with Crippen LogP contribution in [0.3, 0.4) is 0 Å². The van der Waals surface area contributed by atoms with Gasteiger partial charge in [0.05, 0.1) is 12.6 Å². The molecule has 0 aliphatic carbocycles. The number of rotatable bonds is 4. The molecule has 9 nitrogen and oxygen atoms in total. The molecule has 3 aliphatic heterocycles. The monoisotopic (exact) mass is 484 g/mol. The van der Waals surface area contributed by atoms with Crippen molar-refractivity contribution in [2.45, 2.75) is 19.0 Å². The van der Waals surface area contributed by atoms with Crippen molar-refractivity contribution in [3.63, 3.8) is 0 Å². The summed E-state index contributed by atoms with van der Waals surface area (Å²) in [6, 6.07) is 16.6. The van der Waals surface area contributed by atoms with Gasteiger partial charge in [-0.15, -0.1) is 0 Å². The van der Waals surface area contributed by atoms with E-state index in [1.807, 2.05) is 23.2 Å². The van der Waals surface area contributed by atoms with E-state index >= 15 is 0 Å². The smallest absolute Gasteiger partial charge is 0.326 e. The first-order valence-electron chi connectivity index (χ1n) is 12.6. The predicted octanol–water partition coefficient (Wildman–Crippen LogP) is 3.90. The van der Waals surface area contributed by atoms with Gasteiger partial charge in [0.1, 0.15) is 5.82 Å². The van der Waals surface area contributed by atoms with Crippen LogP contribution in [0.4, 0.5) is 33.6 Å². The van der Waals surface area contributed by atoms with Gasteiger partial charge < -0.3 is 25.3 Å². The van der Waals surface area contributed by atoms with Gasteiger partial charge in [-0.3, -0.25) is 4.90 Å². The lowest BCUT2D eigenvalue weighted by Gasteiger charge is -2.41. The molecule has 4 heterocycles. The van der Waals surface area contributed by atoms with Gasteiger partial charge in [-0.2, -0.15) is 4.98 Å². The van der Waals surface area contributed by atoms with E-state index in [0.717, 1.165) is 61.6 Å². The van der Waals surface area contributed by atoms with E-state index in [4.69, 9.17) is 4.98 Å². The van der Waals surface area contributed by atoms with Gasteiger partial charge in [-0.1, -0.05) is 18.2 Å². The Hall–Kier alpha value is -3.85. The van der Waals surface area contributed by atoms with Crippen LogP contribution >= 0.6 is 0 Å². The lowest BCUT2D eigenvalue weighted by atomic mass is 9.95. The summed E-state index contributed by atoms with van der Waals surface area (Å²) < 4.78 is 0. The number of nitrogens with zero attached hydrogens (tertiary/aromatic N) is 6. The Morgan fingerprint density at radius 3 is 2.58 bits per heavy atom. The molecule has 0 spiro atoms. The van der Waals surface area contributed by atoms with Crippen LogP contribution in [0.2, 0.25) is 0 Å². The average molecular weight is 485 g/mol. The maximum absolute atomic E-state index is 13.4. The fourth-order valence-corrected chi connectivity index (χ4v) is 5.36. The first-order chi connectivity index (χ1) is 17.6. The SMILES string of the molecule is CN1CCN(c2ccc(Nc3ncc4c(n3)N(C)C(=O)N([C@H]3CCNc5ccccc53)C4)cc2)CC1. The number of nitrogens with one attached hydrogen (secondary N) is 2. The van der Waals surface area contributed by atoms with Crippen LogP contribution in [0.5, 0.6) is 0 Å². The molecule has 3 aromatic rings. The molecular formula is C27H32N8O. The number of para-hydroxylation sites is 1. The maximum Gasteiger partial charge on any atom is 0.326 e. The maximum atomic E-state index is 13.4. The molecule has 1 fully saturated rings. The molecule has 0 unspecified atom stereocenters. The molecule has 2 N–H and O–H groups in total. The number of piperazine rings is 1. The van der Waals surface area contributed by atoms with E-state index in [0.29, 0.717) is 18.3 Å². The van der Waals surface area contributed by atoms with Gasteiger partial charge in [0.15, 0.2) is 0 Å². The molecule has 186 valence electrons. The van der Waals surface area contributed by atoms with Gasteiger partial charge in [-0.25, -0.2) is 9.78 Å². The van der Waals surface area contributed by atoms with Gasteiger partial charge in [-0.05, 0) is 49.4 Å². The van der Waals surface area contributed by atoms with Crippen LogP contribution in [-0.4, -0.2) is 72.6 Å². The van der Waals surface area contributed by atoms with Crippen molar-refractivity contribution in [2.75, 3.05) is 67.3 Å². The summed E-state index contributed by atoms with van der Waals surface area (Å²) in [6.45, 7) is 5.58. The van der Waals surface area contributed by atoms with Gasteiger partial charge in [0.25, 0.3) is 0 Å². The van der Waals surface area contributed by atoms with Crippen LogP contribution in [0.15, 0.2) is 54.7 Å². The second-order valence-corrected chi connectivity index (χ2v) is 9.79. The molecule has 2 aromatic carbocycles. The molecule has 6 rings (SSSR count). The van der Waals surface area contributed by atoms with Crippen LogP contribution in [0.1, 0.15) is 23.6 Å². The number of anilines is 5. The summed E-state index contributed by atoms with van der Waals surface area (Å²) in [5.41, 5.74) is 5.36. The second kappa shape index (κ2) is 9.31. The van der Waals surface area contributed by atoms with Gasteiger partial charge in [0.2, 0.25) is 5.95 Å². The van der Waals surface area contributed by atoms with E-state index in [-0.39, 0.29) is 12.1 Å². The van der Waals surface area contributed by atoms with E-state index in [2.05, 4.69) is 68.9 Å². The van der Waals surface area contributed by atoms with Crippen LogP contribution in [-0.2, 0) is 6.54 Å². The zero-order valence-electron chi connectivity index (χ0n) is 20.8. The summed E-state index contributed by atoms with van der Waals surface area (Å²) in [6.07, 6.45) is 2.71. The molecule has 1 aromatic heterocycles. The zero-order valence-corrected chi connectivity index (χ0v) is 20.8. The highest BCUT2D eigenvalue weighted by molar-refractivity contribution is 5.93. The Labute approximate surface area is 211 Å². The molecule has 2 amide bonds. The van der Waals surface area contributed by atoms with E-state index in [9.17, 15) is 4.79 Å². The number of benzene rings is 2. The summed E-state index contributed by atoms with van der Waals surface area (Å²) in [5, 5.41) is 6.75. The molecule has 0 radical (unpaired) electrons. The first-order valence-corrected chi connectivity index (χ1v) is 12.6. The Balaban J connectivity index is 1.18. The van der Waals surface area contributed by atoms with Crippen molar-refractivity contribution in [1.29, 1.82) is 0 Å². The van der Waals surface area contributed by atoms with Crippen molar-refractivity contribution in [3.8, 4) is 0 Å². The molecule has 1 saturated heterocycles. The molecule has 0 saturated carbocycles. The molecule has 0 bridgehead atoms. The lowest BCUT2D eigenvalue weighted by Crippen LogP contribution is -2.48. The van der Waals surface area contributed by atoms with Crippen molar-refractivity contribution in [1.82, 2.24) is 19.8 Å². The minimum Gasteiger partial charge on any atom is -0.385 e. The van der Waals surface area contributed by atoms with Crippen molar-refractivity contribution >= 4 is 34.9 Å². The average Bonchev–Trinajstić information content (AvgIpc) is 2.92. The Bertz CT molecular complexity index is 1250. The highest BCUT2D eigenvalue weighted by Crippen LogP contribution is 2.38. The minimum absolute atomic E-state index is 0.0298. The standard InChI is InChI=1S/C27H32N8O/c1-32-13-15-34(16-14-32)21-9-7-20(8-10-21)30-26-29-17-19-18-35(27(36)33(2)25(19)31-26)24-11-12-28-23-6-4-3-5-22(23)24/h3-10,17,24,28H,11-16,18H2,1-2H3,(H,29,30,31)/t24-/m0/s1. The summed E-state index contributed by atoms with van der Waals surface area (Å²) in [5.74, 6) is 1.14. The Morgan fingerprint density at radius 2 is 1.78 bits per heavy atom. The normalized spacial score (nSPS) is 20.0. The Morgan fingerprint density at radius 1 is 1.00 bits per heavy atom. The fourth-order valence-electron chi connectivity index (χ4n) is 5.36. The third-order valence-corrected chi connectivity index (χ3v) is 7.45. The van der Waals surface area contributed by atoms with Gasteiger partial charge in [0, 0.05) is 68.6 Å². The topological polar surface area (TPSA) is 79.9 Å². The summed E-state index contributed by atoms with van der Waals surface area (Å²) >= 11 is 0. The van der Waals surface area contributed by atoms with Crippen molar-refractivity contribution in [2.24, 2.45) is 0 Å². The fraction of sp³-hybridized carbons (Fsp3) is 0.370. The lowest BCUT2D eigenvalue weighted by molar-refractivity contribution is 0.170.